The molecule has 24 heavy (non-hydrogen) atoms. The molecule has 2 aromatic rings. The molecule has 0 fully saturated rings. The fourth-order valence-electron chi connectivity index (χ4n) is 1.97. The zero-order valence-corrected chi connectivity index (χ0v) is 13.7. The third-order valence-corrected chi connectivity index (χ3v) is 3.14. The zero-order valence-electron chi connectivity index (χ0n) is 13.7. The number of esters is 1. The van der Waals surface area contributed by atoms with Gasteiger partial charge in [0, 0.05) is 18.7 Å². The number of carbonyl (C=O) groups is 2. The molecular weight excluding hydrogens is 312 g/mol. The highest BCUT2D eigenvalue weighted by Gasteiger charge is 2.11. The van der Waals surface area contributed by atoms with Gasteiger partial charge in [0.25, 0.3) is 0 Å². The van der Waals surface area contributed by atoms with Crippen LogP contribution in [0.15, 0.2) is 42.5 Å². The van der Waals surface area contributed by atoms with Crippen LogP contribution in [0.5, 0.6) is 17.2 Å². The van der Waals surface area contributed by atoms with Gasteiger partial charge in [-0.2, -0.15) is 0 Å². The van der Waals surface area contributed by atoms with E-state index in [-0.39, 0.29) is 12.6 Å². The molecule has 0 aliphatic carbocycles. The minimum Gasteiger partial charge on any atom is -0.467 e. The van der Waals surface area contributed by atoms with Crippen molar-refractivity contribution in [1.29, 1.82) is 0 Å². The van der Waals surface area contributed by atoms with Crippen LogP contribution in [0.25, 0.3) is 0 Å². The number of benzene rings is 2. The lowest BCUT2D eigenvalue weighted by molar-refractivity contribution is 0.0502. The topological polar surface area (TPSA) is 71.1 Å². The standard InChI is InChI=1S/C18H18O6/c1-12(19)13-4-6-15(7-5-13)24-17-9-14(18(20)22-3)8-16(10-17)23-11-21-2/h4-10H,11H2,1-3H3. The molecule has 2 aromatic carbocycles. The Hall–Kier alpha value is -2.86. The van der Waals surface area contributed by atoms with E-state index in [0.29, 0.717) is 28.4 Å². The molecule has 0 heterocycles. The fraction of sp³-hybridized carbons (Fsp3) is 0.222. The first-order chi connectivity index (χ1) is 11.5. The van der Waals surface area contributed by atoms with Gasteiger partial charge in [0.15, 0.2) is 12.6 Å². The summed E-state index contributed by atoms with van der Waals surface area (Å²) in [5.74, 6) is 0.813. The summed E-state index contributed by atoms with van der Waals surface area (Å²) < 4.78 is 20.7. The maximum atomic E-state index is 11.8. The molecule has 6 heteroatoms. The molecule has 0 atom stereocenters. The smallest absolute Gasteiger partial charge is 0.338 e. The normalized spacial score (nSPS) is 10.1. The molecule has 0 aliphatic heterocycles. The zero-order chi connectivity index (χ0) is 17.5. The summed E-state index contributed by atoms with van der Waals surface area (Å²) in [6.45, 7) is 1.53. The fourth-order valence-corrected chi connectivity index (χ4v) is 1.97. The number of hydrogen-bond donors (Lipinski definition) is 0. The minimum absolute atomic E-state index is 0.0236. The molecule has 0 unspecified atom stereocenters. The molecule has 0 radical (unpaired) electrons. The summed E-state index contributed by atoms with van der Waals surface area (Å²) in [6.07, 6.45) is 0. The Labute approximate surface area is 139 Å². The first kappa shape index (κ1) is 17.5. The van der Waals surface area contributed by atoms with Crippen molar-refractivity contribution in [2.75, 3.05) is 21.0 Å². The van der Waals surface area contributed by atoms with Crippen molar-refractivity contribution >= 4 is 11.8 Å². The van der Waals surface area contributed by atoms with Crippen molar-refractivity contribution in [3.05, 3.63) is 53.6 Å². The summed E-state index contributed by atoms with van der Waals surface area (Å²) in [6, 6.07) is 11.4. The Balaban J connectivity index is 2.26. The van der Waals surface area contributed by atoms with Crippen LogP contribution in [-0.4, -0.2) is 32.8 Å². The van der Waals surface area contributed by atoms with E-state index in [2.05, 4.69) is 0 Å². The van der Waals surface area contributed by atoms with Gasteiger partial charge in [-0.05, 0) is 43.3 Å². The lowest BCUT2D eigenvalue weighted by atomic mass is 10.1. The van der Waals surface area contributed by atoms with Crippen LogP contribution in [0, 0.1) is 0 Å². The number of rotatable bonds is 7. The van der Waals surface area contributed by atoms with E-state index in [1.54, 1.807) is 36.4 Å². The highest BCUT2D eigenvalue weighted by Crippen LogP contribution is 2.28. The molecule has 0 amide bonds. The van der Waals surface area contributed by atoms with Gasteiger partial charge in [0.2, 0.25) is 0 Å². The van der Waals surface area contributed by atoms with Gasteiger partial charge in [-0.1, -0.05) is 0 Å². The monoisotopic (exact) mass is 330 g/mol. The third kappa shape index (κ3) is 4.57. The number of carbonyl (C=O) groups excluding carboxylic acids is 2. The highest BCUT2D eigenvalue weighted by atomic mass is 16.7. The van der Waals surface area contributed by atoms with E-state index in [1.807, 2.05) is 0 Å². The molecule has 126 valence electrons. The van der Waals surface area contributed by atoms with Gasteiger partial charge in [0.1, 0.15) is 17.2 Å². The van der Waals surface area contributed by atoms with Crippen LogP contribution in [-0.2, 0) is 9.47 Å². The number of ether oxygens (including phenoxy) is 4. The predicted molar refractivity (Wildman–Crippen MR) is 86.8 cm³/mol. The van der Waals surface area contributed by atoms with Crippen molar-refractivity contribution in [3.63, 3.8) is 0 Å². The van der Waals surface area contributed by atoms with Gasteiger partial charge in [-0.3, -0.25) is 4.79 Å². The number of ketones is 1. The lowest BCUT2D eigenvalue weighted by Gasteiger charge is -2.11. The van der Waals surface area contributed by atoms with Gasteiger partial charge in [0.05, 0.1) is 12.7 Å². The van der Waals surface area contributed by atoms with E-state index in [1.165, 1.54) is 27.2 Å². The van der Waals surface area contributed by atoms with Crippen molar-refractivity contribution in [2.24, 2.45) is 0 Å². The number of Topliss-reactive ketones (excluding diaryl/α,β-unsaturated/α-hetero) is 1. The largest absolute Gasteiger partial charge is 0.467 e. The molecule has 0 aliphatic rings. The Morgan fingerprint density at radius 2 is 1.54 bits per heavy atom. The van der Waals surface area contributed by atoms with Crippen LogP contribution in [0.3, 0.4) is 0 Å². The summed E-state index contributed by atoms with van der Waals surface area (Å²) >= 11 is 0. The first-order valence-corrected chi connectivity index (χ1v) is 7.17. The van der Waals surface area contributed by atoms with E-state index in [0.717, 1.165) is 0 Å². The minimum atomic E-state index is -0.505. The van der Waals surface area contributed by atoms with Crippen LogP contribution < -0.4 is 9.47 Å². The van der Waals surface area contributed by atoms with Crippen molar-refractivity contribution in [1.82, 2.24) is 0 Å². The summed E-state index contributed by atoms with van der Waals surface area (Å²) in [7, 11) is 2.80. The maximum Gasteiger partial charge on any atom is 0.338 e. The second-order valence-corrected chi connectivity index (χ2v) is 4.92. The van der Waals surface area contributed by atoms with Crippen LogP contribution in [0.1, 0.15) is 27.6 Å². The molecule has 0 saturated carbocycles. The molecule has 0 saturated heterocycles. The first-order valence-electron chi connectivity index (χ1n) is 7.17. The van der Waals surface area contributed by atoms with Crippen molar-refractivity contribution < 1.29 is 28.5 Å². The Kier molecular flexibility index (Phi) is 5.92. The Bertz CT molecular complexity index is 721. The molecule has 2 rings (SSSR count). The molecule has 6 nitrogen and oxygen atoms in total. The lowest BCUT2D eigenvalue weighted by Crippen LogP contribution is -2.04. The average molecular weight is 330 g/mol. The Morgan fingerprint density at radius 1 is 0.875 bits per heavy atom. The van der Waals surface area contributed by atoms with Crippen LogP contribution in [0.2, 0.25) is 0 Å². The van der Waals surface area contributed by atoms with Gasteiger partial charge in [-0.15, -0.1) is 0 Å². The third-order valence-electron chi connectivity index (χ3n) is 3.14. The quantitative estimate of drug-likeness (QED) is 0.440. The summed E-state index contributed by atoms with van der Waals surface area (Å²) in [4.78, 5) is 23.1. The van der Waals surface area contributed by atoms with E-state index in [9.17, 15) is 9.59 Å². The van der Waals surface area contributed by atoms with Crippen molar-refractivity contribution in [3.8, 4) is 17.2 Å². The second-order valence-electron chi connectivity index (χ2n) is 4.92. The SMILES string of the molecule is COCOc1cc(Oc2ccc(C(C)=O)cc2)cc(C(=O)OC)c1. The molecular formula is C18H18O6. The molecule has 0 bridgehead atoms. The number of hydrogen-bond acceptors (Lipinski definition) is 6. The van der Waals surface area contributed by atoms with Crippen LogP contribution in [0.4, 0.5) is 0 Å². The highest BCUT2D eigenvalue weighted by molar-refractivity contribution is 5.94. The van der Waals surface area contributed by atoms with E-state index >= 15 is 0 Å². The molecule has 0 spiro atoms. The second kappa shape index (κ2) is 8.12. The number of methoxy groups -OCH3 is 2. The Morgan fingerprint density at radius 3 is 2.12 bits per heavy atom. The van der Waals surface area contributed by atoms with E-state index in [4.69, 9.17) is 18.9 Å². The average Bonchev–Trinajstić information content (AvgIpc) is 2.59. The molecule has 0 N–H and O–H groups in total. The van der Waals surface area contributed by atoms with Gasteiger partial charge in [-0.25, -0.2) is 4.79 Å². The predicted octanol–water partition coefficient (Wildman–Crippen LogP) is 3.45. The van der Waals surface area contributed by atoms with E-state index < -0.39 is 5.97 Å². The van der Waals surface area contributed by atoms with Gasteiger partial charge < -0.3 is 18.9 Å². The van der Waals surface area contributed by atoms with Gasteiger partial charge >= 0.3 is 5.97 Å². The van der Waals surface area contributed by atoms with Crippen LogP contribution >= 0.6 is 0 Å². The molecule has 0 aromatic heterocycles. The van der Waals surface area contributed by atoms with Crippen molar-refractivity contribution in [2.45, 2.75) is 6.92 Å². The summed E-state index contributed by atoms with van der Waals surface area (Å²) in [5, 5.41) is 0. The maximum absolute atomic E-state index is 11.8. The summed E-state index contributed by atoms with van der Waals surface area (Å²) in [5.41, 5.74) is 0.885.